The molecule has 0 aromatic heterocycles. The average molecular weight is 397 g/mol. The topological polar surface area (TPSA) is 93.7 Å². The largest absolute Gasteiger partial charge is 0.496 e. The molecule has 0 bridgehead atoms. The lowest BCUT2D eigenvalue weighted by Gasteiger charge is -2.14. The van der Waals surface area contributed by atoms with Gasteiger partial charge in [-0.2, -0.15) is 0 Å². The van der Waals surface area contributed by atoms with Crippen LogP contribution in [0.25, 0.3) is 0 Å². The van der Waals surface area contributed by atoms with Crippen LogP contribution in [0.4, 0.5) is 10.1 Å². The molecule has 0 saturated carbocycles. The first kappa shape index (κ1) is 15.6. The van der Waals surface area contributed by atoms with Gasteiger partial charge in [-0.05, 0) is 48.9 Å². The molecule has 1 fully saturated rings. The van der Waals surface area contributed by atoms with Gasteiger partial charge in [0.2, 0.25) is 10.0 Å². The second-order valence-electron chi connectivity index (χ2n) is 5.90. The van der Waals surface area contributed by atoms with Gasteiger partial charge in [-0.3, -0.25) is 4.79 Å². The first-order valence-electron chi connectivity index (χ1n) is 9.53. The van der Waals surface area contributed by atoms with Crippen LogP contribution >= 0.6 is 0 Å². The molecular weight excluding hydrogens is 375 g/mol. The van der Waals surface area contributed by atoms with Gasteiger partial charge in [0, 0.05) is 18.3 Å². The number of rotatable bonds is 6. The number of carbonyl (C=O) groups is 1. The number of sulfonamides is 1. The summed E-state index contributed by atoms with van der Waals surface area (Å²) in [6.07, 6.45) is 0.511. The maximum atomic E-state index is 13.1. The van der Waals surface area contributed by atoms with Crippen LogP contribution in [0.1, 0.15) is 20.9 Å². The molecule has 144 valence electrons. The van der Waals surface area contributed by atoms with Crippen LogP contribution in [0.2, 0.25) is 0 Å². The summed E-state index contributed by atoms with van der Waals surface area (Å²) in [5, 5.41) is 2.46. The summed E-state index contributed by atoms with van der Waals surface area (Å²) in [5.74, 6) is -1.64. The first-order valence-corrected chi connectivity index (χ1v) is 9.52. The third-order valence-electron chi connectivity index (χ3n) is 3.97. The zero-order chi connectivity index (χ0) is 21.9. The second kappa shape index (κ2) is 8.03. The van der Waals surface area contributed by atoms with E-state index in [1.54, 1.807) is 0 Å². The fourth-order valence-corrected chi connectivity index (χ4v) is 3.87. The van der Waals surface area contributed by atoms with Gasteiger partial charge in [0.1, 0.15) is 11.6 Å². The Morgan fingerprint density at radius 2 is 2.07 bits per heavy atom. The maximum absolute atomic E-state index is 13.1. The molecule has 3 rings (SSSR count). The van der Waals surface area contributed by atoms with Gasteiger partial charge in [-0.15, -0.1) is 0 Å². The fraction of sp³-hybridized carbons (Fsp3) is 0.278. The van der Waals surface area contributed by atoms with Gasteiger partial charge < -0.3 is 14.8 Å². The molecule has 2 aromatic carbocycles. The lowest BCUT2D eigenvalue weighted by Crippen LogP contribution is -2.35. The normalized spacial score (nSPS) is 19.0. The predicted molar refractivity (Wildman–Crippen MR) is 96.9 cm³/mol. The molecule has 2 aromatic rings. The number of hydrogen-bond donors (Lipinski definition) is 2. The molecule has 1 saturated heterocycles. The molecule has 1 atom stereocenters. The Labute approximate surface area is 160 Å². The molecule has 0 radical (unpaired) electrons. The van der Waals surface area contributed by atoms with Crippen LogP contribution in [-0.2, 0) is 14.8 Å². The average Bonchev–Trinajstić information content (AvgIpc) is 3.14. The Hall–Kier alpha value is -2.49. The van der Waals surface area contributed by atoms with E-state index in [0.29, 0.717) is 13.0 Å². The Morgan fingerprint density at radius 1 is 1.30 bits per heavy atom. The van der Waals surface area contributed by atoms with E-state index >= 15 is 0 Å². The molecule has 1 aliphatic heterocycles. The van der Waals surface area contributed by atoms with E-state index in [4.69, 9.17) is 13.6 Å². The molecule has 0 aliphatic carbocycles. The van der Waals surface area contributed by atoms with E-state index in [1.807, 2.05) is 0 Å². The van der Waals surface area contributed by atoms with E-state index in [9.17, 15) is 17.6 Å². The van der Waals surface area contributed by atoms with E-state index in [2.05, 4.69) is 10.0 Å². The minimum Gasteiger partial charge on any atom is -0.496 e. The van der Waals surface area contributed by atoms with Crippen molar-refractivity contribution >= 4 is 21.6 Å². The molecule has 0 unspecified atom stereocenters. The number of hydrogen-bond acceptors (Lipinski definition) is 5. The van der Waals surface area contributed by atoms with Crippen molar-refractivity contribution in [3.63, 3.8) is 0 Å². The zero-order valence-corrected chi connectivity index (χ0v) is 14.9. The van der Waals surface area contributed by atoms with Gasteiger partial charge in [0.15, 0.2) is 0 Å². The Kier molecular flexibility index (Phi) is 4.63. The minimum absolute atomic E-state index is 0.232. The molecule has 1 heterocycles. The Balaban J connectivity index is 1.93. The highest BCUT2D eigenvalue weighted by molar-refractivity contribution is 7.89. The standard InChI is InChI=1S/C18H19FN2O5S/c1-25-17-7-6-15(27(23,24)21-14-8-9-26-11-14)10-16(17)18(22)20-13-4-2-12(19)3-5-13/h2-7,10,14,21H,8-9,11H2,1H3,(H,20,22)/t14-/m0/s1/i1D3. The lowest BCUT2D eigenvalue weighted by atomic mass is 10.2. The van der Waals surface area contributed by atoms with Crippen LogP contribution in [0, 0.1) is 5.82 Å². The van der Waals surface area contributed by atoms with Crippen molar-refractivity contribution < 1.29 is 31.2 Å². The van der Waals surface area contributed by atoms with Crippen LogP contribution in [0.5, 0.6) is 5.75 Å². The monoisotopic (exact) mass is 397 g/mol. The summed E-state index contributed by atoms with van der Waals surface area (Å²) in [6.45, 7) is 0.668. The van der Waals surface area contributed by atoms with E-state index in [-0.39, 0.29) is 28.5 Å². The van der Waals surface area contributed by atoms with Gasteiger partial charge in [-0.25, -0.2) is 17.5 Å². The third-order valence-corrected chi connectivity index (χ3v) is 5.49. The highest BCUT2D eigenvalue weighted by Gasteiger charge is 2.25. The van der Waals surface area contributed by atoms with Crippen LogP contribution in [0.3, 0.4) is 0 Å². The molecule has 9 heteroatoms. The van der Waals surface area contributed by atoms with Crippen molar-refractivity contribution in [2.75, 3.05) is 25.6 Å². The highest BCUT2D eigenvalue weighted by Crippen LogP contribution is 2.24. The zero-order valence-electron chi connectivity index (χ0n) is 17.1. The third kappa shape index (κ3) is 4.62. The van der Waals surface area contributed by atoms with Crippen molar-refractivity contribution in [3.8, 4) is 5.75 Å². The minimum atomic E-state index is -3.99. The van der Waals surface area contributed by atoms with Crippen LogP contribution in [0.15, 0.2) is 47.4 Å². The van der Waals surface area contributed by atoms with E-state index in [1.165, 1.54) is 12.1 Å². The fourth-order valence-electron chi connectivity index (χ4n) is 2.59. The molecule has 0 spiro atoms. The number of halogens is 1. The van der Waals surface area contributed by atoms with Crippen molar-refractivity contribution in [2.24, 2.45) is 0 Å². The predicted octanol–water partition coefficient (Wildman–Crippen LogP) is 2.15. The second-order valence-corrected chi connectivity index (χ2v) is 7.62. The van der Waals surface area contributed by atoms with Gasteiger partial charge in [0.25, 0.3) is 5.91 Å². The summed E-state index contributed by atoms with van der Waals surface area (Å²) in [5.41, 5.74) is -0.0725. The number of carbonyl (C=O) groups excluding carboxylic acids is 1. The number of anilines is 1. The summed E-state index contributed by atoms with van der Waals surface area (Å²) in [6, 6.07) is 7.75. The lowest BCUT2D eigenvalue weighted by molar-refractivity contribution is 0.102. The smallest absolute Gasteiger partial charge is 0.259 e. The number of amides is 1. The molecule has 7 nitrogen and oxygen atoms in total. The van der Waals surface area contributed by atoms with Crippen molar-refractivity contribution in [3.05, 3.63) is 53.8 Å². The first-order chi connectivity index (χ1) is 14.0. The molecule has 2 N–H and O–H groups in total. The molecule has 1 amide bonds. The summed E-state index contributed by atoms with van der Waals surface area (Å²) in [4.78, 5) is 12.5. The van der Waals surface area contributed by atoms with Gasteiger partial charge in [-0.1, -0.05) is 0 Å². The van der Waals surface area contributed by atoms with Gasteiger partial charge >= 0.3 is 0 Å². The highest BCUT2D eigenvalue weighted by atomic mass is 32.2. The number of ether oxygens (including phenoxy) is 2. The SMILES string of the molecule is [2H]C([2H])([2H])Oc1ccc(S(=O)(=O)N[C@H]2CCOC2)cc1C(=O)Nc1ccc(F)cc1. The van der Waals surface area contributed by atoms with E-state index in [0.717, 1.165) is 30.3 Å². The van der Waals surface area contributed by atoms with Crippen LogP contribution < -0.4 is 14.8 Å². The summed E-state index contributed by atoms with van der Waals surface area (Å²) < 4.78 is 72.7. The van der Waals surface area contributed by atoms with Crippen molar-refractivity contribution in [1.29, 1.82) is 0 Å². The van der Waals surface area contributed by atoms with E-state index < -0.39 is 34.8 Å². The summed E-state index contributed by atoms with van der Waals surface area (Å²) >= 11 is 0. The number of benzene rings is 2. The molecule has 27 heavy (non-hydrogen) atoms. The van der Waals surface area contributed by atoms with Crippen LogP contribution in [-0.4, -0.2) is 40.6 Å². The van der Waals surface area contributed by atoms with Crippen molar-refractivity contribution in [1.82, 2.24) is 4.72 Å². The Morgan fingerprint density at radius 3 is 2.74 bits per heavy atom. The van der Waals surface area contributed by atoms with Gasteiger partial charge in [0.05, 0.1) is 28.2 Å². The maximum Gasteiger partial charge on any atom is 0.259 e. The number of nitrogens with one attached hydrogen (secondary N) is 2. The summed E-state index contributed by atoms with van der Waals surface area (Å²) in [7, 11) is -6.85. The van der Waals surface area contributed by atoms with Crippen molar-refractivity contribution in [2.45, 2.75) is 17.4 Å². The molecular formula is C18H19FN2O5S. The quantitative estimate of drug-likeness (QED) is 0.779. The Bertz CT molecular complexity index is 1020. The number of methoxy groups -OCH3 is 1. The molecule has 1 aliphatic rings.